The lowest BCUT2D eigenvalue weighted by atomic mass is 9.97. The van der Waals surface area contributed by atoms with Crippen molar-refractivity contribution < 1.29 is 14.6 Å². The van der Waals surface area contributed by atoms with Gasteiger partial charge in [-0.05, 0) is 32.6 Å². The van der Waals surface area contributed by atoms with E-state index in [9.17, 15) is 4.79 Å². The molecule has 0 saturated heterocycles. The molecule has 2 N–H and O–H groups in total. The molecular formula is C10H21NO3S. The molecule has 0 rings (SSSR count). The fraction of sp³-hybridized carbons (Fsp3) is 0.900. The van der Waals surface area contributed by atoms with Gasteiger partial charge in [-0.1, -0.05) is 0 Å². The molecule has 90 valence electrons. The van der Waals surface area contributed by atoms with E-state index in [1.807, 2.05) is 0 Å². The van der Waals surface area contributed by atoms with Gasteiger partial charge in [0.1, 0.15) is 5.54 Å². The fourth-order valence-corrected chi connectivity index (χ4v) is 1.95. The molecule has 0 aliphatic heterocycles. The molecule has 0 spiro atoms. The first-order chi connectivity index (χ1) is 7.06. The number of carboxylic acids is 1. The summed E-state index contributed by atoms with van der Waals surface area (Å²) in [5.41, 5.74) is -0.790. The highest BCUT2D eigenvalue weighted by atomic mass is 32.2. The molecule has 0 aromatic heterocycles. The second kappa shape index (κ2) is 7.96. The van der Waals surface area contributed by atoms with Crippen LogP contribution in [0, 0.1) is 0 Å². The monoisotopic (exact) mass is 235 g/mol. The molecule has 0 aliphatic carbocycles. The van der Waals surface area contributed by atoms with Crippen molar-refractivity contribution in [1.29, 1.82) is 0 Å². The van der Waals surface area contributed by atoms with Crippen molar-refractivity contribution in [3.63, 3.8) is 0 Å². The van der Waals surface area contributed by atoms with Crippen LogP contribution in [0.4, 0.5) is 0 Å². The van der Waals surface area contributed by atoms with Crippen molar-refractivity contribution in [1.82, 2.24) is 5.32 Å². The lowest BCUT2D eigenvalue weighted by molar-refractivity contribution is -0.144. The van der Waals surface area contributed by atoms with Crippen LogP contribution in [0.1, 0.15) is 19.8 Å². The Balaban J connectivity index is 3.60. The number of carboxylic acid groups (broad SMARTS) is 1. The van der Waals surface area contributed by atoms with Crippen LogP contribution in [0.5, 0.6) is 0 Å². The van der Waals surface area contributed by atoms with E-state index in [4.69, 9.17) is 9.84 Å². The number of carbonyl (C=O) groups is 1. The van der Waals surface area contributed by atoms with Crippen molar-refractivity contribution in [3.05, 3.63) is 0 Å². The van der Waals surface area contributed by atoms with Gasteiger partial charge in [-0.25, -0.2) is 0 Å². The third kappa shape index (κ3) is 6.02. The number of aliphatic carboxylic acids is 1. The van der Waals surface area contributed by atoms with E-state index >= 15 is 0 Å². The highest BCUT2D eigenvalue weighted by molar-refractivity contribution is 7.99. The van der Waals surface area contributed by atoms with Crippen molar-refractivity contribution in [2.75, 3.05) is 32.3 Å². The Morgan fingerprint density at radius 2 is 2.20 bits per heavy atom. The van der Waals surface area contributed by atoms with Gasteiger partial charge in [0.25, 0.3) is 0 Å². The normalized spacial score (nSPS) is 14.9. The van der Waals surface area contributed by atoms with Crippen molar-refractivity contribution >= 4 is 17.7 Å². The summed E-state index contributed by atoms with van der Waals surface area (Å²) in [7, 11) is 3.37. The van der Waals surface area contributed by atoms with E-state index in [1.165, 1.54) is 0 Å². The third-order valence-corrected chi connectivity index (χ3v) is 3.45. The first-order valence-electron chi connectivity index (χ1n) is 5.06. The fourth-order valence-electron chi connectivity index (χ4n) is 1.11. The lowest BCUT2D eigenvalue weighted by Gasteiger charge is -2.23. The molecule has 0 aliphatic rings. The van der Waals surface area contributed by atoms with E-state index in [0.717, 1.165) is 24.5 Å². The van der Waals surface area contributed by atoms with Crippen LogP contribution in [-0.2, 0) is 9.53 Å². The smallest absolute Gasteiger partial charge is 0.323 e. The standard InChI is InChI=1S/C10H21NO3S/c1-10(11-2,9(12)13)5-4-7-15-8-6-14-3/h11H,4-8H2,1-3H3,(H,12,13). The van der Waals surface area contributed by atoms with Crippen molar-refractivity contribution in [3.8, 4) is 0 Å². The van der Waals surface area contributed by atoms with E-state index in [-0.39, 0.29) is 0 Å². The number of methoxy groups -OCH3 is 1. The predicted octanol–water partition coefficient (Wildman–Crippen LogP) is 1.21. The molecule has 0 bridgehead atoms. The van der Waals surface area contributed by atoms with Gasteiger partial charge in [0.05, 0.1) is 6.61 Å². The summed E-state index contributed by atoms with van der Waals surface area (Å²) in [5.74, 6) is 1.17. The van der Waals surface area contributed by atoms with Gasteiger partial charge >= 0.3 is 5.97 Å². The summed E-state index contributed by atoms with van der Waals surface area (Å²) in [4.78, 5) is 10.9. The molecule has 4 nitrogen and oxygen atoms in total. The molecule has 0 aromatic carbocycles. The number of hydrogen-bond donors (Lipinski definition) is 2. The topological polar surface area (TPSA) is 58.6 Å². The molecule has 0 radical (unpaired) electrons. The van der Waals surface area contributed by atoms with E-state index < -0.39 is 11.5 Å². The number of ether oxygens (including phenoxy) is 1. The van der Waals surface area contributed by atoms with Crippen LogP contribution in [0.15, 0.2) is 0 Å². The van der Waals surface area contributed by atoms with E-state index in [2.05, 4.69) is 5.32 Å². The quantitative estimate of drug-likeness (QED) is 0.588. The molecule has 0 heterocycles. The minimum atomic E-state index is -0.790. The van der Waals surface area contributed by atoms with Crippen LogP contribution in [0.25, 0.3) is 0 Å². The molecule has 5 heteroatoms. The lowest BCUT2D eigenvalue weighted by Crippen LogP contribution is -2.47. The first-order valence-corrected chi connectivity index (χ1v) is 6.21. The zero-order chi connectivity index (χ0) is 11.7. The highest BCUT2D eigenvalue weighted by Crippen LogP contribution is 2.14. The average molecular weight is 235 g/mol. The Bertz CT molecular complexity index is 190. The van der Waals surface area contributed by atoms with Gasteiger partial charge < -0.3 is 15.2 Å². The zero-order valence-corrected chi connectivity index (χ0v) is 10.5. The maximum absolute atomic E-state index is 10.9. The summed E-state index contributed by atoms with van der Waals surface area (Å²) < 4.78 is 4.92. The number of rotatable bonds is 9. The molecule has 0 fully saturated rings. The average Bonchev–Trinajstić information content (AvgIpc) is 2.22. The Morgan fingerprint density at radius 1 is 1.53 bits per heavy atom. The summed E-state index contributed by atoms with van der Waals surface area (Å²) in [6.07, 6.45) is 1.55. The second-order valence-corrected chi connectivity index (χ2v) is 4.82. The summed E-state index contributed by atoms with van der Waals surface area (Å²) in [5, 5.41) is 11.8. The minimum Gasteiger partial charge on any atom is -0.480 e. The SMILES string of the molecule is CNC(C)(CCCSCCOC)C(=O)O. The zero-order valence-electron chi connectivity index (χ0n) is 9.71. The Morgan fingerprint density at radius 3 is 2.67 bits per heavy atom. The largest absolute Gasteiger partial charge is 0.480 e. The van der Waals surface area contributed by atoms with Gasteiger partial charge in [0.2, 0.25) is 0 Å². The maximum atomic E-state index is 10.9. The molecule has 0 saturated carbocycles. The molecular weight excluding hydrogens is 214 g/mol. The van der Waals surface area contributed by atoms with Crippen LogP contribution >= 0.6 is 11.8 Å². The number of hydrogen-bond acceptors (Lipinski definition) is 4. The van der Waals surface area contributed by atoms with Gasteiger partial charge in [0, 0.05) is 12.9 Å². The summed E-state index contributed by atoms with van der Waals surface area (Å²) in [6, 6.07) is 0. The van der Waals surface area contributed by atoms with E-state index in [1.54, 1.807) is 32.8 Å². The van der Waals surface area contributed by atoms with Gasteiger partial charge in [-0.15, -0.1) is 0 Å². The number of nitrogens with one attached hydrogen (secondary N) is 1. The molecule has 15 heavy (non-hydrogen) atoms. The number of likely N-dealkylation sites (N-methyl/N-ethyl adjacent to an activating group) is 1. The van der Waals surface area contributed by atoms with Crippen LogP contribution in [0.2, 0.25) is 0 Å². The predicted molar refractivity (Wildman–Crippen MR) is 63.5 cm³/mol. The first kappa shape index (κ1) is 14.7. The third-order valence-electron chi connectivity index (χ3n) is 2.42. The Labute approximate surface area is 95.8 Å². The molecule has 1 unspecified atom stereocenters. The second-order valence-electron chi connectivity index (χ2n) is 3.60. The van der Waals surface area contributed by atoms with Crippen molar-refractivity contribution in [2.24, 2.45) is 0 Å². The van der Waals surface area contributed by atoms with Gasteiger partial charge in [0.15, 0.2) is 0 Å². The molecule has 0 aromatic rings. The maximum Gasteiger partial charge on any atom is 0.323 e. The van der Waals surface area contributed by atoms with Crippen LogP contribution in [-0.4, -0.2) is 48.9 Å². The van der Waals surface area contributed by atoms with Gasteiger partial charge in [-0.3, -0.25) is 4.79 Å². The van der Waals surface area contributed by atoms with Crippen LogP contribution < -0.4 is 5.32 Å². The molecule has 1 atom stereocenters. The highest BCUT2D eigenvalue weighted by Gasteiger charge is 2.29. The van der Waals surface area contributed by atoms with Crippen LogP contribution in [0.3, 0.4) is 0 Å². The van der Waals surface area contributed by atoms with Gasteiger partial charge in [-0.2, -0.15) is 11.8 Å². The number of thioether (sulfide) groups is 1. The Kier molecular flexibility index (Phi) is 7.82. The Hall–Kier alpha value is -0.260. The molecule has 0 amide bonds. The van der Waals surface area contributed by atoms with E-state index in [0.29, 0.717) is 6.42 Å². The minimum absolute atomic E-state index is 0.652. The summed E-state index contributed by atoms with van der Waals surface area (Å²) in [6.45, 7) is 2.47. The summed E-state index contributed by atoms with van der Waals surface area (Å²) >= 11 is 1.80. The van der Waals surface area contributed by atoms with Crippen molar-refractivity contribution in [2.45, 2.75) is 25.3 Å².